The highest BCUT2D eigenvalue weighted by Gasteiger charge is 2.65. The summed E-state index contributed by atoms with van der Waals surface area (Å²) in [6, 6.07) is 0. The lowest BCUT2D eigenvalue weighted by molar-refractivity contribution is -0.170. The molecule has 0 heterocycles. The van der Waals surface area contributed by atoms with E-state index in [1.165, 1.54) is 12.8 Å². The summed E-state index contributed by atoms with van der Waals surface area (Å²) in [4.78, 5) is 12.2. The third kappa shape index (κ3) is 2.00. The number of Topliss-reactive ketones (excluding diaryl/α,β-unsaturated/α-hetero) is 1. The van der Waals surface area contributed by atoms with Gasteiger partial charge in [-0.15, -0.1) is 0 Å². The fourth-order valence-electron chi connectivity index (χ4n) is 7.83. The Morgan fingerprint density at radius 3 is 2.38 bits per heavy atom. The minimum atomic E-state index is -1.09. The first kappa shape index (κ1) is 17.0. The van der Waals surface area contributed by atoms with Crippen LogP contribution in [0.2, 0.25) is 0 Å². The Morgan fingerprint density at radius 2 is 1.67 bits per heavy atom. The number of rotatable bonds is 1. The number of ketones is 1. The highest BCUT2D eigenvalue weighted by atomic mass is 16.3. The number of carbonyl (C=O) groups excluding carboxylic acids is 1. The molecule has 4 rings (SSSR count). The summed E-state index contributed by atoms with van der Waals surface area (Å²) >= 11 is 0. The van der Waals surface area contributed by atoms with Crippen LogP contribution < -0.4 is 0 Å². The summed E-state index contributed by atoms with van der Waals surface area (Å²) in [7, 11) is 0. The molecule has 4 saturated carbocycles. The van der Waals surface area contributed by atoms with Gasteiger partial charge in [-0.3, -0.25) is 4.79 Å². The molecule has 136 valence electrons. The maximum atomic E-state index is 12.2. The van der Waals surface area contributed by atoms with Crippen molar-refractivity contribution in [1.82, 2.24) is 0 Å². The van der Waals surface area contributed by atoms with Crippen LogP contribution >= 0.6 is 0 Å². The first-order chi connectivity index (χ1) is 11.2. The van der Waals surface area contributed by atoms with Crippen LogP contribution in [-0.4, -0.2) is 27.7 Å². The lowest BCUT2D eigenvalue weighted by Crippen LogP contribution is -2.58. The van der Waals surface area contributed by atoms with E-state index >= 15 is 0 Å². The van der Waals surface area contributed by atoms with E-state index in [1.54, 1.807) is 6.92 Å². The molecular weight excluding hydrogens is 300 g/mol. The fraction of sp³-hybridized carbons (Fsp3) is 0.952. The van der Waals surface area contributed by atoms with Crippen molar-refractivity contribution in [2.75, 3.05) is 0 Å². The summed E-state index contributed by atoms with van der Waals surface area (Å²) < 4.78 is 0. The lowest BCUT2D eigenvalue weighted by atomic mass is 9.44. The van der Waals surface area contributed by atoms with Crippen molar-refractivity contribution in [3.05, 3.63) is 0 Å². The number of fused-ring (bicyclic) bond motifs is 5. The minimum absolute atomic E-state index is 0.0216. The van der Waals surface area contributed by atoms with Gasteiger partial charge in [0.2, 0.25) is 0 Å². The van der Waals surface area contributed by atoms with Crippen molar-refractivity contribution in [3.8, 4) is 0 Å². The van der Waals surface area contributed by atoms with Gasteiger partial charge in [-0.1, -0.05) is 13.8 Å². The molecule has 0 aromatic rings. The Morgan fingerprint density at radius 1 is 0.958 bits per heavy atom. The molecule has 0 spiro atoms. The van der Waals surface area contributed by atoms with E-state index in [0.29, 0.717) is 29.6 Å². The average molecular weight is 335 g/mol. The van der Waals surface area contributed by atoms with Crippen molar-refractivity contribution in [3.63, 3.8) is 0 Å². The summed E-state index contributed by atoms with van der Waals surface area (Å²) in [5, 5.41) is 21.3. The van der Waals surface area contributed by atoms with E-state index in [-0.39, 0.29) is 17.3 Å². The van der Waals surface area contributed by atoms with Gasteiger partial charge in [0.15, 0.2) is 5.78 Å². The number of hydrogen-bond donors (Lipinski definition) is 2. The summed E-state index contributed by atoms with van der Waals surface area (Å²) in [6.45, 7) is 6.26. The topological polar surface area (TPSA) is 57.5 Å². The standard InChI is InChI=1S/C21H34O3/c1-13(22)21(24)11-8-18-16-5-4-14-12-15(23)6-9-19(14,2)17(16)7-10-20(18,21)3/h14-18,23-24H,4-12H2,1-3H3/t14-,15+,16+,17-,18+,19-,20+,21-/m0/s1. The normalized spacial score (nSPS) is 57.0. The van der Waals surface area contributed by atoms with Crippen molar-refractivity contribution >= 4 is 5.78 Å². The van der Waals surface area contributed by atoms with Gasteiger partial charge >= 0.3 is 0 Å². The highest BCUT2D eigenvalue weighted by molar-refractivity contribution is 5.86. The Labute approximate surface area is 146 Å². The molecule has 2 N–H and O–H groups in total. The molecule has 0 bridgehead atoms. The van der Waals surface area contributed by atoms with Crippen molar-refractivity contribution < 1.29 is 15.0 Å². The van der Waals surface area contributed by atoms with Gasteiger partial charge in [-0.25, -0.2) is 0 Å². The number of hydrogen-bond acceptors (Lipinski definition) is 3. The molecule has 0 aromatic carbocycles. The first-order valence-electron chi connectivity index (χ1n) is 10.1. The zero-order chi connectivity index (χ0) is 17.3. The van der Waals surface area contributed by atoms with Crippen LogP contribution in [0.15, 0.2) is 0 Å². The van der Waals surface area contributed by atoms with E-state index in [4.69, 9.17) is 0 Å². The fourth-order valence-corrected chi connectivity index (χ4v) is 7.83. The first-order valence-corrected chi connectivity index (χ1v) is 10.1. The quantitative estimate of drug-likeness (QED) is 0.768. The lowest BCUT2D eigenvalue weighted by Gasteiger charge is -2.61. The number of carbonyl (C=O) groups is 1. The highest BCUT2D eigenvalue weighted by Crippen LogP contribution is 2.68. The molecule has 0 aliphatic heterocycles. The Bertz CT molecular complexity index is 545. The zero-order valence-electron chi connectivity index (χ0n) is 15.6. The number of aliphatic hydroxyl groups is 2. The summed E-state index contributed by atoms with van der Waals surface area (Å²) in [5.41, 5.74) is -0.957. The predicted molar refractivity (Wildman–Crippen MR) is 93.4 cm³/mol. The van der Waals surface area contributed by atoms with Gasteiger partial charge in [0.05, 0.1) is 6.10 Å². The molecule has 4 aliphatic carbocycles. The maximum Gasteiger partial charge on any atom is 0.161 e. The van der Waals surface area contributed by atoms with E-state index in [9.17, 15) is 15.0 Å². The van der Waals surface area contributed by atoms with E-state index in [0.717, 1.165) is 44.4 Å². The van der Waals surface area contributed by atoms with Gasteiger partial charge in [-0.2, -0.15) is 0 Å². The molecule has 3 heteroatoms. The molecule has 4 aliphatic rings. The second kappa shape index (κ2) is 5.30. The molecule has 0 amide bonds. The Hall–Kier alpha value is -0.410. The SMILES string of the molecule is CC(=O)[C@@]1(O)CC[C@@H]2[C@@H]3CC[C@H]4C[C@H](O)CC[C@]4(C)[C@H]3CC[C@]21C. The van der Waals surface area contributed by atoms with E-state index in [1.807, 2.05) is 0 Å². The third-order valence-electron chi connectivity index (χ3n) is 9.37. The van der Waals surface area contributed by atoms with Crippen LogP contribution in [0.4, 0.5) is 0 Å². The van der Waals surface area contributed by atoms with Gasteiger partial charge in [0, 0.05) is 5.41 Å². The van der Waals surface area contributed by atoms with Crippen molar-refractivity contribution in [2.45, 2.75) is 90.3 Å². The second-order valence-electron chi connectivity index (χ2n) is 10.00. The molecule has 0 aromatic heterocycles. The minimum Gasteiger partial charge on any atom is -0.393 e. The zero-order valence-corrected chi connectivity index (χ0v) is 15.6. The van der Waals surface area contributed by atoms with Crippen molar-refractivity contribution in [1.29, 1.82) is 0 Å². The van der Waals surface area contributed by atoms with Crippen LogP contribution in [0.3, 0.4) is 0 Å². The van der Waals surface area contributed by atoms with Crippen LogP contribution in [0.25, 0.3) is 0 Å². The number of aliphatic hydroxyl groups excluding tert-OH is 1. The monoisotopic (exact) mass is 334 g/mol. The summed E-state index contributed by atoms with van der Waals surface area (Å²) in [6.07, 6.45) is 9.25. The predicted octanol–water partition coefficient (Wildman–Crippen LogP) is 3.71. The third-order valence-corrected chi connectivity index (χ3v) is 9.37. The summed E-state index contributed by atoms with van der Waals surface area (Å²) in [5.74, 6) is 2.52. The van der Waals surface area contributed by atoms with Gasteiger partial charge in [-0.05, 0) is 93.8 Å². The molecule has 8 atom stereocenters. The van der Waals surface area contributed by atoms with E-state index < -0.39 is 5.60 Å². The van der Waals surface area contributed by atoms with Gasteiger partial charge < -0.3 is 10.2 Å². The van der Waals surface area contributed by atoms with Crippen LogP contribution in [0.5, 0.6) is 0 Å². The second-order valence-corrected chi connectivity index (χ2v) is 10.00. The van der Waals surface area contributed by atoms with Gasteiger partial charge in [0.25, 0.3) is 0 Å². The van der Waals surface area contributed by atoms with Gasteiger partial charge in [0.1, 0.15) is 5.60 Å². The molecule has 4 fully saturated rings. The Kier molecular flexibility index (Phi) is 3.76. The molecule has 0 saturated heterocycles. The van der Waals surface area contributed by atoms with Crippen LogP contribution in [0.1, 0.15) is 78.6 Å². The van der Waals surface area contributed by atoms with E-state index in [2.05, 4.69) is 13.8 Å². The van der Waals surface area contributed by atoms with Crippen LogP contribution in [0, 0.1) is 34.5 Å². The smallest absolute Gasteiger partial charge is 0.161 e. The molecule has 0 unspecified atom stereocenters. The van der Waals surface area contributed by atoms with Crippen molar-refractivity contribution in [2.24, 2.45) is 34.5 Å². The molecule has 24 heavy (non-hydrogen) atoms. The largest absolute Gasteiger partial charge is 0.393 e. The molecule has 0 radical (unpaired) electrons. The Balaban J connectivity index is 1.65. The maximum absolute atomic E-state index is 12.2. The molecular formula is C21H34O3. The average Bonchev–Trinajstić information content (AvgIpc) is 2.81. The van der Waals surface area contributed by atoms with Crippen LogP contribution in [-0.2, 0) is 4.79 Å². The molecule has 3 nitrogen and oxygen atoms in total.